The molecular weight excluding hydrogens is 388 g/mol. The Morgan fingerprint density at radius 1 is 1.00 bits per heavy atom. The van der Waals surface area contributed by atoms with Gasteiger partial charge < -0.3 is 9.61 Å². The van der Waals surface area contributed by atoms with Crippen molar-refractivity contribution in [2.45, 2.75) is 0 Å². The van der Waals surface area contributed by atoms with Crippen molar-refractivity contribution in [3.63, 3.8) is 0 Å². The van der Waals surface area contributed by atoms with Gasteiger partial charge in [-0.05, 0) is 48.5 Å². The van der Waals surface area contributed by atoms with E-state index in [1.54, 1.807) is 48.8 Å². The highest BCUT2D eigenvalue weighted by atomic mass is 35.5. The predicted molar refractivity (Wildman–Crippen MR) is 104 cm³/mol. The fraction of sp³-hybridized carbons (Fsp3) is 0. The summed E-state index contributed by atoms with van der Waals surface area (Å²) in [4.78, 5) is 4.42. The number of hydrogen-bond acceptors (Lipinski definition) is 3. The number of aromatic nitrogens is 2. The first-order valence-corrected chi connectivity index (χ1v) is 8.74. The Kier molecular flexibility index (Phi) is 4.56. The van der Waals surface area contributed by atoms with Gasteiger partial charge in [0.05, 0.1) is 33.1 Å². The van der Waals surface area contributed by atoms with Crippen LogP contribution < -0.4 is 0 Å². The molecule has 7 heteroatoms. The fourth-order valence-electron chi connectivity index (χ4n) is 2.92. The van der Waals surface area contributed by atoms with Crippen LogP contribution in [0.1, 0.15) is 11.3 Å². The molecule has 2 aromatic heterocycles. The van der Waals surface area contributed by atoms with Crippen LogP contribution in [0.15, 0.2) is 72.1 Å². The Hall–Kier alpha value is -2.89. The maximum atomic E-state index is 13.2. The van der Waals surface area contributed by atoms with Crippen molar-refractivity contribution in [1.29, 1.82) is 0 Å². The minimum atomic E-state index is -0.315. The van der Waals surface area contributed by atoms with Crippen LogP contribution >= 0.6 is 23.2 Å². The summed E-state index contributed by atoms with van der Waals surface area (Å²) in [5.74, 6) is -0.315. The van der Waals surface area contributed by atoms with E-state index in [0.29, 0.717) is 27.0 Å². The standard InChI is InChI=1S/C20H12Cl2FN3O/c21-15-2-1-3-16(22)19(15)20(25-27)18-9-8-14-10-24-17(11-26(14)18)12-4-6-13(23)7-5-12/h1-11,27H/b25-20+. The minimum absolute atomic E-state index is 0.238. The third-order valence-electron chi connectivity index (χ3n) is 4.22. The molecule has 0 atom stereocenters. The average Bonchev–Trinajstić information content (AvgIpc) is 3.08. The summed E-state index contributed by atoms with van der Waals surface area (Å²) in [7, 11) is 0. The van der Waals surface area contributed by atoms with Gasteiger partial charge in [-0.1, -0.05) is 34.4 Å². The number of rotatable bonds is 3. The van der Waals surface area contributed by atoms with E-state index < -0.39 is 0 Å². The van der Waals surface area contributed by atoms with E-state index in [1.165, 1.54) is 12.1 Å². The fourth-order valence-corrected chi connectivity index (χ4v) is 3.50. The zero-order valence-corrected chi connectivity index (χ0v) is 15.3. The summed E-state index contributed by atoms with van der Waals surface area (Å²) >= 11 is 12.6. The molecule has 4 rings (SSSR count). The molecule has 27 heavy (non-hydrogen) atoms. The third kappa shape index (κ3) is 3.16. The zero-order chi connectivity index (χ0) is 19.0. The Morgan fingerprint density at radius 3 is 2.37 bits per heavy atom. The molecule has 4 nitrogen and oxygen atoms in total. The van der Waals surface area contributed by atoms with Gasteiger partial charge in [-0.3, -0.25) is 4.98 Å². The van der Waals surface area contributed by atoms with E-state index in [0.717, 1.165) is 11.1 Å². The van der Waals surface area contributed by atoms with E-state index in [2.05, 4.69) is 10.1 Å². The zero-order valence-electron chi connectivity index (χ0n) is 13.8. The molecule has 134 valence electrons. The second kappa shape index (κ2) is 7.02. The van der Waals surface area contributed by atoms with Gasteiger partial charge >= 0.3 is 0 Å². The number of oxime groups is 1. The molecule has 4 aromatic rings. The lowest BCUT2D eigenvalue weighted by Crippen LogP contribution is -2.09. The molecule has 1 N–H and O–H groups in total. The summed E-state index contributed by atoms with van der Waals surface area (Å²) in [5, 5.41) is 13.9. The van der Waals surface area contributed by atoms with Gasteiger partial charge in [0.2, 0.25) is 0 Å². The molecule has 0 unspecified atom stereocenters. The second-order valence-electron chi connectivity index (χ2n) is 5.84. The summed E-state index contributed by atoms with van der Waals surface area (Å²) < 4.78 is 15.0. The van der Waals surface area contributed by atoms with Crippen LogP contribution in [0.3, 0.4) is 0 Å². The van der Waals surface area contributed by atoms with Crippen LogP contribution in [0.4, 0.5) is 4.39 Å². The van der Waals surface area contributed by atoms with E-state index in [1.807, 2.05) is 10.5 Å². The maximum absolute atomic E-state index is 13.2. The Balaban J connectivity index is 1.89. The largest absolute Gasteiger partial charge is 0.410 e. The van der Waals surface area contributed by atoms with Crippen molar-refractivity contribution >= 4 is 34.4 Å². The Labute approximate surface area is 164 Å². The van der Waals surface area contributed by atoms with E-state index >= 15 is 0 Å². The summed E-state index contributed by atoms with van der Waals surface area (Å²) in [6.07, 6.45) is 3.47. The molecule has 0 bridgehead atoms. The van der Waals surface area contributed by atoms with Gasteiger partial charge in [0, 0.05) is 17.3 Å². The molecule has 0 aliphatic heterocycles. The highest BCUT2D eigenvalue weighted by Crippen LogP contribution is 2.29. The van der Waals surface area contributed by atoms with Gasteiger partial charge in [0.1, 0.15) is 11.5 Å². The Bertz CT molecular complexity index is 1150. The summed E-state index contributed by atoms with van der Waals surface area (Å²) in [6.45, 7) is 0. The molecule has 2 aromatic carbocycles. The number of fused-ring (bicyclic) bond motifs is 1. The lowest BCUT2D eigenvalue weighted by molar-refractivity contribution is 0.319. The second-order valence-corrected chi connectivity index (χ2v) is 6.65. The van der Waals surface area contributed by atoms with Crippen LogP contribution in [0.25, 0.3) is 16.8 Å². The first-order valence-electron chi connectivity index (χ1n) is 7.98. The number of nitrogens with zero attached hydrogens (tertiary/aromatic N) is 3. The molecule has 0 aliphatic rings. The smallest absolute Gasteiger partial charge is 0.136 e. The van der Waals surface area contributed by atoms with Crippen molar-refractivity contribution in [3.05, 3.63) is 94.1 Å². The summed E-state index contributed by atoms with van der Waals surface area (Å²) in [5.41, 5.74) is 3.46. The molecule has 0 spiro atoms. The lowest BCUT2D eigenvalue weighted by Gasteiger charge is -2.10. The van der Waals surface area contributed by atoms with E-state index in [4.69, 9.17) is 23.2 Å². The maximum Gasteiger partial charge on any atom is 0.136 e. The first kappa shape index (κ1) is 17.5. The molecule has 0 saturated heterocycles. The molecular formula is C20H12Cl2FN3O. The average molecular weight is 400 g/mol. The minimum Gasteiger partial charge on any atom is -0.410 e. The highest BCUT2D eigenvalue weighted by molar-refractivity contribution is 6.41. The van der Waals surface area contributed by atoms with Gasteiger partial charge in [-0.25, -0.2) is 4.39 Å². The molecule has 2 heterocycles. The molecule has 0 radical (unpaired) electrons. The van der Waals surface area contributed by atoms with E-state index in [-0.39, 0.29) is 11.5 Å². The first-order chi connectivity index (χ1) is 13.1. The molecule has 0 fully saturated rings. The van der Waals surface area contributed by atoms with Crippen LogP contribution in [-0.2, 0) is 0 Å². The molecule has 0 aliphatic carbocycles. The van der Waals surface area contributed by atoms with Crippen molar-refractivity contribution < 1.29 is 9.60 Å². The topological polar surface area (TPSA) is 49.9 Å². The van der Waals surface area contributed by atoms with Crippen LogP contribution in [-0.4, -0.2) is 20.3 Å². The van der Waals surface area contributed by atoms with Crippen molar-refractivity contribution in [2.75, 3.05) is 0 Å². The van der Waals surface area contributed by atoms with Gasteiger partial charge in [0.15, 0.2) is 0 Å². The van der Waals surface area contributed by atoms with Crippen molar-refractivity contribution in [2.24, 2.45) is 5.16 Å². The van der Waals surface area contributed by atoms with Crippen LogP contribution in [0.5, 0.6) is 0 Å². The number of halogens is 3. The summed E-state index contributed by atoms with van der Waals surface area (Å²) in [6, 6.07) is 14.8. The normalized spacial score (nSPS) is 11.9. The van der Waals surface area contributed by atoms with E-state index in [9.17, 15) is 9.60 Å². The van der Waals surface area contributed by atoms with Crippen molar-refractivity contribution in [3.8, 4) is 11.3 Å². The molecule has 0 amide bonds. The lowest BCUT2D eigenvalue weighted by atomic mass is 10.1. The Morgan fingerprint density at radius 2 is 1.70 bits per heavy atom. The number of benzene rings is 2. The quantitative estimate of drug-likeness (QED) is 0.274. The van der Waals surface area contributed by atoms with Crippen LogP contribution in [0, 0.1) is 5.82 Å². The van der Waals surface area contributed by atoms with Crippen molar-refractivity contribution in [1.82, 2.24) is 9.38 Å². The van der Waals surface area contributed by atoms with Gasteiger partial charge in [-0.2, -0.15) is 0 Å². The van der Waals surface area contributed by atoms with Gasteiger partial charge in [-0.15, -0.1) is 0 Å². The van der Waals surface area contributed by atoms with Crippen LogP contribution in [0.2, 0.25) is 10.0 Å². The van der Waals surface area contributed by atoms with Gasteiger partial charge in [0.25, 0.3) is 0 Å². The predicted octanol–water partition coefficient (Wildman–Crippen LogP) is 5.67. The monoisotopic (exact) mass is 399 g/mol. The number of hydrogen-bond donors (Lipinski definition) is 1. The third-order valence-corrected chi connectivity index (χ3v) is 4.85. The molecule has 0 saturated carbocycles. The highest BCUT2D eigenvalue weighted by Gasteiger charge is 2.19. The SMILES string of the molecule is O/N=C(/c1c(Cl)cccc1Cl)c1ccc2cnc(-c3ccc(F)cc3)cn12.